The van der Waals surface area contributed by atoms with E-state index in [-0.39, 0.29) is 12.0 Å². The zero-order chi connectivity index (χ0) is 12.3. The maximum absolute atomic E-state index is 9.22. The van der Waals surface area contributed by atoms with Crippen LogP contribution in [0.5, 0.6) is 0 Å². The summed E-state index contributed by atoms with van der Waals surface area (Å²) < 4.78 is 1.89. The Balaban J connectivity index is 2.13. The fraction of sp³-hybridized carbons (Fsp3) is 0.692. The van der Waals surface area contributed by atoms with Gasteiger partial charge in [0, 0.05) is 6.20 Å². The van der Waals surface area contributed by atoms with Crippen molar-refractivity contribution in [3.05, 3.63) is 17.4 Å². The summed E-state index contributed by atoms with van der Waals surface area (Å²) in [6.07, 6.45) is 9.19. The van der Waals surface area contributed by atoms with Gasteiger partial charge in [-0.15, -0.1) is 0 Å². The third-order valence-electron chi connectivity index (χ3n) is 3.70. The van der Waals surface area contributed by atoms with E-state index in [1.54, 1.807) is 6.20 Å². The number of aromatic nitrogens is 2. The van der Waals surface area contributed by atoms with Crippen LogP contribution in [0.2, 0.25) is 5.02 Å². The first-order chi connectivity index (χ1) is 8.24. The second kappa shape index (κ2) is 5.55. The number of hydrogen-bond donors (Lipinski definition) is 0. The third kappa shape index (κ3) is 2.81. The van der Waals surface area contributed by atoms with Crippen molar-refractivity contribution < 1.29 is 0 Å². The molecule has 1 fully saturated rings. The highest BCUT2D eigenvalue weighted by Gasteiger charge is 2.31. The Hall–Kier alpha value is -1.01. The van der Waals surface area contributed by atoms with Crippen molar-refractivity contribution in [1.82, 2.24) is 9.78 Å². The predicted molar refractivity (Wildman–Crippen MR) is 67.6 cm³/mol. The maximum Gasteiger partial charge on any atom is 0.0785 e. The first-order valence-electron chi connectivity index (χ1n) is 6.33. The van der Waals surface area contributed by atoms with Crippen LogP contribution >= 0.6 is 11.6 Å². The van der Waals surface area contributed by atoms with Crippen molar-refractivity contribution in [2.75, 3.05) is 0 Å². The van der Waals surface area contributed by atoms with E-state index in [1.165, 1.54) is 19.3 Å². The van der Waals surface area contributed by atoms with Crippen molar-refractivity contribution in [2.45, 2.75) is 45.1 Å². The van der Waals surface area contributed by atoms with E-state index in [1.807, 2.05) is 10.9 Å². The Morgan fingerprint density at radius 1 is 1.59 bits per heavy atom. The molecule has 0 amide bonds. The normalized spacial score (nSPS) is 28.9. The molecule has 0 saturated heterocycles. The quantitative estimate of drug-likeness (QED) is 0.820. The second-order valence-corrected chi connectivity index (χ2v) is 5.35. The molecular weight excluding hydrogens is 234 g/mol. The van der Waals surface area contributed by atoms with E-state index >= 15 is 0 Å². The molecule has 3 unspecified atom stereocenters. The van der Waals surface area contributed by atoms with Gasteiger partial charge < -0.3 is 0 Å². The average molecular weight is 252 g/mol. The van der Waals surface area contributed by atoms with Gasteiger partial charge in [-0.2, -0.15) is 10.4 Å². The maximum atomic E-state index is 9.22. The molecule has 3 atom stereocenters. The van der Waals surface area contributed by atoms with Gasteiger partial charge in [0.15, 0.2) is 0 Å². The van der Waals surface area contributed by atoms with Crippen LogP contribution in [0.4, 0.5) is 0 Å². The minimum atomic E-state index is 0.0825. The van der Waals surface area contributed by atoms with Gasteiger partial charge in [-0.05, 0) is 25.2 Å². The summed E-state index contributed by atoms with van der Waals surface area (Å²) in [4.78, 5) is 0. The van der Waals surface area contributed by atoms with Gasteiger partial charge in [0.05, 0.1) is 29.2 Å². The number of rotatable bonds is 3. The molecule has 1 aliphatic rings. The number of halogens is 1. The first-order valence-corrected chi connectivity index (χ1v) is 6.71. The van der Waals surface area contributed by atoms with E-state index in [9.17, 15) is 5.26 Å². The Kier molecular flexibility index (Phi) is 4.06. The lowest BCUT2D eigenvalue weighted by molar-refractivity contribution is 0.199. The molecule has 1 heterocycles. The monoisotopic (exact) mass is 251 g/mol. The molecule has 4 heteroatoms. The summed E-state index contributed by atoms with van der Waals surface area (Å²) in [6, 6.07) is 2.63. The Morgan fingerprint density at radius 3 is 3.00 bits per heavy atom. The Labute approximate surface area is 107 Å². The minimum absolute atomic E-state index is 0.0825. The highest BCUT2D eigenvalue weighted by atomic mass is 35.5. The van der Waals surface area contributed by atoms with Crippen molar-refractivity contribution in [3.63, 3.8) is 0 Å². The number of hydrogen-bond acceptors (Lipinski definition) is 2. The van der Waals surface area contributed by atoms with Crippen molar-refractivity contribution in [1.29, 1.82) is 5.26 Å². The van der Waals surface area contributed by atoms with Crippen molar-refractivity contribution >= 4 is 11.6 Å². The molecule has 2 rings (SSSR count). The fourth-order valence-corrected chi connectivity index (χ4v) is 2.98. The van der Waals surface area contributed by atoms with Gasteiger partial charge in [0.2, 0.25) is 0 Å². The molecule has 0 aliphatic heterocycles. The zero-order valence-electron chi connectivity index (χ0n) is 10.1. The van der Waals surface area contributed by atoms with Crippen LogP contribution in [0.15, 0.2) is 12.4 Å². The molecule has 92 valence electrons. The van der Waals surface area contributed by atoms with E-state index in [0.29, 0.717) is 5.02 Å². The van der Waals surface area contributed by atoms with Gasteiger partial charge in [0.1, 0.15) is 0 Å². The van der Waals surface area contributed by atoms with Crippen molar-refractivity contribution in [3.8, 4) is 6.07 Å². The second-order valence-electron chi connectivity index (χ2n) is 4.91. The highest BCUT2D eigenvalue weighted by molar-refractivity contribution is 6.30. The fourth-order valence-electron chi connectivity index (χ4n) is 2.84. The summed E-state index contributed by atoms with van der Waals surface area (Å²) in [7, 11) is 0. The molecule has 17 heavy (non-hydrogen) atoms. The lowest BCUT2D eigenvalue weighted by Gasteiger charge is -2.32. The van der Waals surface area contributed by atoms with Gasteiger partial charge >= 0.3 is 0 Å². The summed E-state index contributed by atoms with van der Waals surface area (Å²) in [5, 5.41) is 14.1. The van der Waals surface area contributed by atoms with Crippen molar-refractivity contribution in [2.24, 2.45) is 11.8 Å². The van der Waals surface area contributed by atoms with Crippen LogP contribution in [0.3, 0.4) is 0 Å². The van der Waals surface area contributed by atoms with Gasteiger partial charge in [-0.1, -0.05) is 31.4 Å². The molecule has 0 spiro atoms. The molecular formula is C13H18ClN3. The summed E-state index contributed by atoms with van der Waals surface area (Å²) in [5.74, 6) is 0.816. The summed E-state index contributed by atoms with van der Waals surface area (Å²) in [6.45, 7) is 2.22. The predicted octanol–water partition coefficient (Wildman–Crippen LogP) is 3.82. The van der Waals surface area contributed by atoms with Gasteiger partial charge in [-0.25, -0.2) is 0 Å². The van der Waals surface area contributed by atoms with Gasteiger partial charge in [-0.3, -0.25) is 4.68 Å². The minimum Gasteiger partial charge on any atom is -0.267 e. The van der Waals surface area contributed by atoms with Crippen LogP contribution < -0.4 is 0 Å². The Bertz CT molecular complexity index is 407. The summed E-state index contributed by atoms with van der Waals surface area (Å²) >= 11 is 5.90. The molecule has 3 nitrogen and oxygen atoms in total. The summed E-state index contributed by atoms with van der Waals surface area (Å²) in [5.41, 5.74) is 0. The van der Waals surface area contributed by atoms with Crippen LogP contribution in [0.1, 0.15) is 45.1 Å². The molecule has 1 aromatic heterocycles. The standard InChI is InChI=1S/C13H18ClN3/c1-2-3-10-4-5-11(7-15)13(6-10)17-9-12(14)8-16-17/h8-11,13H,2-6H2,1H3. The molecule has 1 aromatic rings. The number of nitriles is 1. The van der Waals surface area contributed by atoms with E-state index in [4.69, 9.17) is 11.6 Å². The van der Waals surface area contributed by atoms with E-state index in [0.717, 1.165) is 18.8 Å². The van der Waals surface area contributed by atoms with Gasteiger partial charge in [0.25, 0.3) is 0 Å². The topological polar surface area (TPSA) is 41.6 Å². The van der Waals surface area contributed by atoms with Crippen LogP contribution in [-0.4, -0.2) is 9.78 Å². The zero-order valence-corrected chi connectivity index (χ0v) is 10.9. The molecule has 1 aliphatic carbocycles. The Morgan fingerprint density at radius 2 is 2.41 bits per heavy atom. The molecule has 0 aromatic carbocycles. The van der Waals surface area contributed by atoms with E-state index in [2.05, 4.69) is 18.1 Å². The molecule has 0 radical (unpaired) electrons. The largest absolute Gasteiger partial charge is 0.267 e. The smallest absolute Gasteiger partial charge is 0.0785 e. The molecule has 0 bridgehead atoms. The first kappa shape index (κ1) is 12.4. The average Bonchev–Trinajstić information content (AvgIpc) is 2.76. The SMILES string of the molecule is CCCC1CCC(C#N)C(n2cc(Cl)cn2)C1. The van der Waals surface area contributed by atoms with Crippen LogP contribution in [0.25, 0.3) is 0 Å². The highest BCUT2D eigenvalue weighted by Crippen LogP contribution is 2.38. The lowest BCUT2D eigenvalue weighted by atomic mass is 9.77. The molecule has 0 N–H and O–H groups in total. The van der Waals surface area contributed by atoms with E-state index < -0.39 is 0 Å². The lowest BCUT2D eigenvalue weighted by Crippen LogP contribution is -2.27. The molecule has 1 saturated carbocycles. The number of nitrogens with zero attached hydrogens (tertiary/aromatic N) is 3. The van der Waals surface area contributed by atoms with Crippen LogP contribution in [0, 0.1) is 23.2 Å². The van der Waals surface area contributed by atoms with Crippen LogP contribution in [-0.2, 0) is 0 Å². The third-order valence-corrected chi connectivity index (χ3v) is 3.89.